The van der Waals surface area contributed by atoms with Crippen LogP contribution in [0.4, 0.5) is 4.79 Å². The minimum Gasteiger partial charge on any atom is -0.482 e. The van der Waals surface area contributed by atoms with Crippen molar-refractivity contribution < 1.29 is 23.9 Å². The third-order valence-corrected chi connectivity index (χ3v) is 3.59. The summed E-state index contributed by atoms with van der Waals surface area (Å²) in [7, 11) is 0. The van der Waals surface area contributed by atoms with Crippen LogP contribution in [-0.2, 0) is 14.3 Å². The molecule has 27 heavy (non-hydrogen) atoms. The van der Waals surface area contributed by atoms with E-state index in [0.29, 0.717) is 22.9 Å². The fourth-order valence-electron chi connectivity index (χ4n) is 2.12. The third-order valence-electron chi connectivity index (χ3n) is 3.33. The lowest BCUT2D eigenvalue weighted by molar-refractivity contribution is -0.158. The standard InChI is InChI=1S/C19H19ClN2O5/c1-2-21-19(25)22-18(24)17(13-6-4-3-5-7-13)27-16(23)12-26-15-10-8-14(20)9-11-15/h3-11,17H,2,12H2,1H3,(H2,21,22,24,25)/t17-/m0/s1. The Labute approximate surface area is 161 Å². The summed E-state index contributed by atoms with van der Waals surface area (Å²) in [6.07, 6.45) is -1.28. The highest BCUT2D eigenvalue weighted by molar-refractivity contribution is 6.30. The topological polar surface area (TPSA) is 93.7 Å². The van der Waals surface area contributed by atoms with E-state index in [2.05, 4.69) is 10.6 Å². The van der Waals surface area contributed by atoms with Crippen LogP contribution < -0.4 is 15.4 Å². The Bertz CT molecular complexity index is 780. The van der Waals surface area contributed by atoms with Crippen LogP contribution in [0.25, 0.3) is 0 Å². The van der Waals surface area contributed by atoms with E-state index in [4.69, 9.17) is 21.1 Å². The number of hydrogen-bond acceptors (Lipinski definition) is 5. The van der Waals surface area contributed by atoms with E-state index in [-0.39, 0.29) is 0 Å². The van der Waals surface area contributed by atoms with Crippen LogP contribution in [0.2, 0.25) is 5.02 Å². The molecule has 0 spiro atoms. The molecule has 7 nitrogen and oxygen atoms in total. The van der Waals surface area contributed by atoms with Crippen LogP contribution in [0.5, 0.6) is 5.75 Å². The zero-order valence-corrected chi connectivity index (χ0v) is 15.4. The van der Waals surface area contributed by atoms with Crippen LogP contribution in [0, 0.1) is 0 Å². The molecule has 2 aromatic rings. The number of amides is 3. The first-order valence-electron chi connectivity index (χ1n) is 8.21. The summed E-state index contributed by atoms with van der Waals surface area (Å²) < 4.78 is 10.6. The number of urea groups is 1. The Hall–Kier alpha value is -3.06. The van der Waals surface area contributed by atoms with E-state index in [1.807, 2.05) is 0 Å². The van der Waals surface area contributed by atoms with Crippen molar-refractivity contribution in [2.75, 3.05) is 13.2 Å². The first kappa shape index (κ1) is 20.3. The van der Waals surface area contributed by atoms with Gasteiger partial charge in [0, 0.05) is 17.1 Å². The van der Waals surface area contributed by atoms with Crippen LogP contribution in [0.1, 0.15) is 18.6 Å². The molecule has 3 amide bonds. The van der Waals surface area contributed by atoms with Gasteiger partial charge in [-0.1, -0.05) is 41.9 Å². The van der Waals surface area contributed by atoms with Gasteiger partial charge in [-0.05, 0) is 31.2 Å². The van der Waals surface area contributed by atoms with Crippen molar-refractivity contribution in [2.24, 2.45) is 0 Å². The number of esters is 1. The van der Waals surface area contributed by atoms with Crippen molar-refractivity contribution >= 4 is 29.5 Å². The van der Waals surface area contributed by atoms with Crippen molar-refractivity contribution in [3.63, 3.8) is 0 Å². The summed E-state index contributed by atoms with van der Waals surface area (Å²) in [5.41, 5.74) is 0.430. The highest BCUT2D eigenvalue weighted by atomic mass is 35.5. The number of benzene rings is 2. The summed E-state index contributed by atoms with van der Waals surface area (Å²) in [4.78, 5) is 36.1. The monoisotopic (exact) mass is 390 g/mol. The lowest BCUT2D eigenvalue weighted by atomic mass is 10.1. The normalized spacial score (nSPS) is 11.2. The second kappa shape index (κ2) is 10.2. The smallest absolute Gasteiger partial charge is 0.345 e. The van der Waals surface area contributed by atoms with Gasteiger partial charge in [-0.15, -0.1) is 0 Å². The summed E-state index contributed by atoms with van der Waals surface area (Å²) in [6, 6.07) is 14.2. The van der Waals surface area contributed by atoms with Gasteiger partial charge in [0.05, 0.1) is 0 Å². The average Bonchev–Trinajstić information content (AvgIpc) is 2.66. The molecule has 0 saturated heterocycles. The fraction of sp³-hybridized carbons (Fsp3) is 0.211. The quantitative estimate of drug-likeness (QED) is 0.709. The van der Waals surface area contributed by atoms with Gasteiger partial charge in [-0.2, -0.15) is 0 Å². The van der Waals surface area contributed by atoms with Crippen molar-refractivity contribution in [1.29, 1.82) is 0 Å². The van der Waals surface area contributed by atoms with Crippen molar-refractivity contribution in [2.45, 2.75) is 13.0 Å². The lowest BCUT2D eigenvalue weighted by Crippen LogP contribution is -2.42. The number of halogens is 1. The molecule has 8 heteroatoms. The molecule has 0 aliphatic heterocycles. The van der Waals surface area contributed by atoms with Crippen molar-refractivity contribution in [1.82, 2.24) is 10.6 Å². The Kier molecular flexibility index (Phi) is 7.63. The van der Waals surface area contributed by atoms with E-state index in [9.17, 15) is 14.4 Å². The summed E-state index contributed by atoms with van der Waals surface area (Å²) >= 11 is 5.79. The number of carbonyl (C=O) groups is 3. The maximum absolute atomic E-state index is 12.4. The largest absolute Gasteiger partial charge is 0.482 e. The maximum Gasteiger partial charge on any atom is 0.345 e. The Morgan fingerprint density at radius 1 is 1.04 bits per heavy atom. The molecule has 0 aliphatic carbocycles. The number of hydrogen-bond donors (Lipinski definition) is 2. The van der Waals surface area contributed by atoms with Gasteiger partial charge in [-0.25, -0.2) is 9.59 Å². The highest BCUT2D eigenvalue weighted by Gasteiger charge is 2.26. The average molecular weight is 391 g/mol. The second-order valence-corrected chi connectivity index (χ2v) is 5.81. The lowest BCUT2D eigenvalue weighted by Gasteiger charge is -2.18. The molecule has 0 bridgehead atoms. The van der Waals surface area contributed by atoms with E-state index in [1.165, 1.54) is 0 Å². The molecule has 0 unspecified atom stereocenters. The molecule has 0 heterocycles. The zero-order valence-electron chi connectivity index (χ0n) is 14.6. The summed E-state index contributed by atoms with van der Waals surface area (Å²) in [5.74, 6) is -1.09. The number of rotatable bonds is 7. The molecule has 0 saturated carbocycles. The van der Waals surface area contributed by atoms with Crippen LogP contribution in [0.15, 0.2) is 54.6 Å². The first-order chi connectivity index (χ1) is 13.0. The van der Waals surface area contributed by atoms with Gasteiger partial charge >= 0.3 is 12.0 Å². The molecule has 2 aromatic carbocycles. The van der Waals surface area contributed by atoms with Crippen molar-refractivity contribution in [3.05, 3.63) is 65.2 Å². The Morgan fingerprint density at radius 3 is 2.33 bits per heavy atom. The van der Waals surface area contributed by atoms with Crippen molar-refractivity contribution in [3.8, 4) is 5.75 Å². The molecule has 0 fully saturated rings. The Balaban J connectivity index is 2.02. The van der Waals surface area contributed by atoms with E-state index >= 15 is 0 Å². The molecule has 0 aromatic heterocycles. The predicted molar refractivity (Wildman–Crippen MR) is 99.4 cm³/mol. The first-order valence-corrected chi connectivity index (χ1v) is 8.59. The number of ether oxygens (including phenoxy) is 2. The fourth-order valence-corrected chi connectivity index (χ4v) is 2.25. The Morgan fingerprint density at radius 2 is 1.70 bits per heavy atom. The van der Waals surface area contributed by atoms with Gasteiger partial charge in [-0.3, -0.25) is 10.1 Å². The van der Waals surface area contributed by atoms with Gasteiger partial charge in [0.2, 0.25) is 6.10 Å². The third kappa shape index (κ3) is 6.63. The molecule has 2 N–H and O–H groups in total. The van der Waals surface area contributed by atoms with Crippen LogP contribution in [0.3, 0.4) is 0 Å². The molecule has 142 valence electrons. The van der Waals surface area contributed by atoms with Crippen LogP contribution in [-0.4, -0.2) is 31.1 Å². The number of nitrogens with one attached hydrogen (secondary N) is 2. The second-order valence-electron chi connectivity index (χ2n) is 5.37. The van der Waals surface area contributed by atoms with Gasteiger partial charge in [0.25, 0.3) is 5.91 Å². The van der Waals surface area contributed by atoms with Gasteiger partial charge < -0.3 is 14.8 Å². The predicted octanol–water partition coefficient (Wildman–Crippen LogP) is 2.85. The molecule has 1 atom stereocenters. The molecular weight excluding hydrogens is 372 g/mol. The number of imide groups is 1. The van der Waals surface area contributed by atoms with E-state index in [1.54, 1.807) is 61.5 Å². The molecule has 2 rings (SSSR count). The highest BCUT2D eigenvalue weighted by Crippen LogP contribution is 2.19. The van der Waals surface area contributed by atoms with Gasteiger partial charge in [0.1, 0.15) is 5.75 Å². The van der Waals surface area contributed by atoms with E-state index < -0.39 is 30.6 Å². The SMILES string of the molecule is CCNC(=O)NC(=O)[C@@H](OC(=O)COc1ccc(Cl)cc1)c1ccccc1. The number of carbonyl (C=O) groups excluding carboxylic acids is 3. The minimum absolute atomic E-state index is 0.351. The minimum atomic E-state index is -1.28. The van der Waals surface area contributed by atoms with Gasteiger partial charge in [0.15, 0.2) is 6.61 Å². The molecule has 0 aliphatic rings. The molecule has 0 radical (unpaired) electrons. The summed E-state index contributed by atoms with van der Waals surface area (Å²) in [5, 5.41) is 5.12. The van der Waals surface area contributed by atoms with Crippen LogP contribution >= 0.6 is 11.6 Å². The summed E-state index contributed by atoms with van der Waals surface area (Å²) in [6.45, 7) is 1.66. The molecular formula is C19H19ClN2O5. The van der Waals surface area contributed by atoms with E-state index in [0.717, 1.165) is 0 Å². The maximum atomic E-state index is 12.4. The zero-order chi connectivity index (χ0) is 19.6.